The minimum Gasteiger partial charge on any atom is -0.446 e. The van der Waals surface area contributed by atoms with Crippen molar-refractivity contribution in [1.29, 1.82) is 0 Å². The van der Waals surface area contributed by atoms with Crippen LogP contribution in [-0.2, 0) is 14.2 Å². The van der Waals surface area contributed by atoms with Gasteiger partial charge in [0.25, 0.3) is 0 Å². The van der Waals surface area contributed by atoms with E-state index in [2.05, 4.69) is 10.6 Å². The molecular formula is C9H16N2O6. The normalized spacial score (nSPS) is 18.4. The summed E-state index contributed by atoms with van der Waals surface area (Å²) in [5.41, 5.74) is 0. The monoisotopic (exact) mass is 248 g/mol. The standard InChI is InChI=1S/C9H16N2O6/c12-2-4-15-3-1-10-8(13)16-6-7-5-11-9(14)17-7/h7,12H,1-6H2,(H,10,13)(H,11,14)/t7-/m0/s1. The molecule has 0 radical (unpaired) electrons. The van der Waals surface area contributed by atoms with Gasteiger partial charge in [-0.25, -0.2) is 9.59 Å². The lowest BCUT2D eigenvalue weighted by atomic mass is 10.4. The fourth-order valence-corrected chi connectivity index (χ4v) is 1.14. The molecule has 1 aliphatic rings. The van der Waals surface area contributed by atoms with Crippen molar-refractivity contribution in [2.75, 3.05) is 39.5 Å². The number of hydrogen-bond donors (Lipinski definition) is 3. The van der Waals surface area contributed by atoms with Crippen LogP contribution in [0.5, 0.6) is 0 Å². The molecular weight excluding hydrogens is 232 g/mol. The number of aliphatic hydroxyl groups excluding tert-OH is 1. The highest BCUT2D eigenvalue weighted by molar-refractivity contribution is 5.69. The number of ether oxygens (including phenoxy) is 3. The largest absolute Gasteiger partial charge is 0.446 e. The van der Waals surface area contributed by atoms with E-state index in [1.54, 1.807) is 0 Å². The lowest BCUT2D eigenvalue weighted by Crippen LogP contribution is -2.31. The van der Waals surface area contributed by atoms with E-state index in [1.165, 1.54) is 0 Å². The zero-order valence-electron chi connectivity index (χ0n) is 9.31. The molecule has 1 rings (SSSR count). The maximum absolute atomic E-state index is 11.1. The van der Waals surface area contributed by atoms with Crippen molar-refractivity contribution in [2.45, 2.75) is 6.10 Å². The SMILES string of the molecule is O=C(NCCOCCO)OC[C@@H]1CNC(=O)O1. The Morgan fingerprint density at radius 2 is 2.41 bits per heavy atom. The molecule has 0 saturated carbocycles. The van der Waals surface area contributed by atoms with E-state index in [-0.39, 0.29) is 19.8 Å². The molecule has 1 fully saturated rings. The average Bonchev–Trinajstić information content (AvgIpc) is 2.72. The van der Waals surface area contributed by atoms with Gasteiger partial charge >= 0.3 is 12.2 Å². The van der Waals surface area contributed by atoms with Gasteiger partial charge in [0, 0.05) is 6.54 Å². The highest BCUT2D eigenvalue weighted by Crippen LogP contribution is 2.00. The number of cyclic esters (lactones) is 1. The lowest BCUT2D eigenvalue weighted by molar-refractivity contribution is 0.0688. The number of carbonyl (C=O) groups is 2. The third-order valence-electron chi connectivity index (χ3n) is 1.90. The molecule has 8 heteroatoms. The van der Waals surface area contributed by atoms with Gasteiger partial charge in [-0.3, -0.25) is 0 Å². The van der Waals surface area contributed by atoms with Crippen molar-refractivity contribution >= 4 is 12.2 Å². The lowest BCUT2D eigenvalue weighted by Gasteiger charge is -2.09. The first-order valence-electron chi connectivity index (χ1n) is 5.26. The second kappa shape index (κ2) is 7.69. The van der Waals surface area contributed by atoms with E-state index in [0.717, 1.165) is 0 Å². The predicted octanol–water partition coefficient (Wildman–Crippen LogP) is -1.17. The third-order valence-corrected chi connectivity index (χ3v) is 1.90. The number of aliphatic hydroxyl groups is 1. The van der Waals surface area contributed by atoms with E-state index in [4.69, 9.17) is 19.3 Å². The van der Waals surface area contributed by atoms with Gasteiger partial charge < -0.3 is 30.0 Å². The summed E-state index contributed by atoms with van der Waals surface area (Å²) in [5.74, 6) is 0. The van der Waals surface area contributed by atoms with Crippen LogP contribution in [-0.4, -0.2) is 62.9 Å². The number of alkyl carbamates (subject to hydrolysis) is 2. The molecule has 2 amide bonds. The summed E-state index contributed by atoms with van der Waals surface area (Å²) < 4.78 is 14.5. The van der Waals surface area contributed by atoms with Crippen LogP contribution >= 0.6 is 0 Å². The quantitative estimate of drug-likeness (QED) is 0.490. The Bertz CT molecular complexity index is 260. The Labute approximate surface area is 98.2 Å². The van der Waals surface area contributed by atoms with E-state index < -0.39 is 18.3 Å². The Kier molecular flexibility index (Phi) is 6.12. The summed E-state index contributed by atoms with van der Waals surface area (Å²) in [4.78, 5) is 21.8. The zero-order chi connectivity index (χ0) is 12.5. The van der Waals surface area contributed by atoms with Crippen molar-refractivity contribution in [3.63, 3.8) is 0 Å². The van der Waals surface area contributed by atoms with Crippen molar-refractivity contribution < 1.29 is 28.9 Å². The molecule has 0 aromatic heterocycles. The Hall–Kier alpha value is -1.54. The molecule has 0 unspecified atom stereocenters. The highest BCUT2D eigenvalue weighted by Gasteiger charge is 2.23. The van der Waals surface area contributed by atoms with Gasteiger partial charge in [0.2, 0.25) is 0 Å². The summed E-state index contributed by atoms with van der Waals surface area (Å²) in [5, 5.41) is 13.3. The third kappa shape index (κ3) is 5.93. The maximum atomic E-state index is 11.1. The molecule has 1 aliphatic heterocycles. The molecule has 1 atom stereocenters. The molecule has 0 aliphatic carbocycles. The smallest absolute Gasteiger partial charge is 0.407 e. The summed E-state index contributed by atoms with van der Waals surface area (Å²) >= 11 is 0. The van der Waals surface area contributed by atoms with Crippen LogP contribution in [0.4, 0.5) is 9.59 Å². The van der Waals surface area contributed by atoms with E-state index in [9.17, 15) is 9.59 Å². The predicted molar refractivity (Wildman–Crippen MR) is 55.5 cm³/mol. The molecule has 8 nitrogen and oxygen atoms in total. The van der Waals surface area contributed by atoms with Crippen LogP contribution in [0.1, 0.15) is 0 Å². The molecule has 3 N–H and O–H groups in total. The summed E-state index contributed by atoms with van der Waals surface area (Å²) in [6, 6.07) is 0. The van der Waals surface area contributed by atoms with E-state index in [0.29, 0.717) is 19.7 Å². The first-order valence-corrected chi connectivity index (χ1v) is 5.26. The number of carbonyl (C=O) groups excluding carboxylic acids is 2. The molecule has 0 spiro atoms. The summed E-state index contributed by atoms with van der Waals surface area (Å²) in [7, 11) is 0. The number of rotatable bonds is 7. The van der Waals surface area contributed by atoms with Crippen molar-refractivity contribution in [1.82, 2.24) is 10.6 Å². The van der Waals surface area contributed by atoms with Crippen LogP contribution in [0.2, 0.25) is 0 Å². The summed E-state index contributed by atoms with van der Waals surface area (Å²) in [6.07, 6.45) is -1.53. The van der Waals surface area contributed by atoms with Crippen molar-refractivity contribution in [2.24, 2.45) is 0 Å². The fourth-order valence-electron chi connectivity index (χ4n) is 1.14. The maximum Gasteiger partial charge on any atom is 0.407 e. The Morgan fingerprint density at radius 1 is 1.59 bits per heavy atom. The van der Waals surface area contributed by atoms with Crippen LogP contribution in [0.3, 0.4) is 0 Å². The van der Waals surface area contributed by atoms with Gasteiger partial charge in [-0.2, -0.15) is 0 Å². The van der Waals surface area contributed by atoms with Gasteiger partial charge in [-0.15, -0.1) is 0 Å². The van der Waals surface area contributed by atoms with Gasteiger partial charge in [0.1, 0.15) is 6.61 Å². The van der Waals surface area contributed by atoms with Gasteiger partial charge in [-0.05, 0) is 0 Å². The van der Waals surface area contributed by atoms with Crippen molar-refractivity contribution in [3.05, 3.63) is 0 Å². The Morgan fingerprint density at radius 3 is 3.06 bits per heavy atom. The van der Waals surface area contributed by atoms with Crippen LogP contribution in [0.25, 0.3) is 0 Å². The highest BCUT2D eigenvalue weighted by atomic mass is 16.6. The molecule has 1 saturated heterocycles. The second-order valence-corrected chi connectivity index (χ2v) is 3.27. The first kappa shape index (κ1) is 13.5. The van der Waals surface area contributed by atoms with Gasteiger partial charge in [0.15, 0.2) is 6.10 Å². The average molecular weight is 248 g/mol. The number of amides is 2. The topological polar surface area (TPSA) is 106 Å². The number of nitrogens with one attached hydrogen (secondary N) is 2. The second-order valence-electron chi connectivity index (χ2n) is 3.27. The molecule has 98 valence electrons. The molecule has 0 bridgehead atoms. The fraction of sp³-hybridized carbons (Fsp3) is 0.778. The van der Waals surface area contributed by atoms with Crippen LogP contribution in [0, 0.1) is 0 Å². The van der Waals surface area contributed by atoms with Gasteiger partial charge in [0.05, 0.1) is 26.4 Å². The molecule has 0 aromatic rings. The van der Waals surface area contributed by atoms with Crippen LogP contribution < -0.4 is 10.6 Å². The molecule has 17 heavy (non-hydrogen) atoms. The molecule has 0 aromatic carbocycles. The van der Waals surface area contributed by atoms with E-state index in [1.807, 2.05) is 0 Å². The number of hydrogen-bond acceptors (Lipinski definition) is 6. The minimum atomic E-state index is -0.597. The van der Waals surface area contributed by atoms with E-state index >= 15 is 0 Å². The van der Waals surface area contributed by atoms with Crippen LogP contribution in [0.15, 0.2) is 0 Å². The summed E-state index contributed by atoms with van der Waals surface area (Å²) in [6.45, 7) is 1.13. The minimum absolute atomic E-state index is 0.0159. The zero-order valence-corrected chi connectivity index (χ0v) is 9.31. The van der Waals surface area contributed by atoms with Gasteiger partial charge in [-0.1, -0.05) is 0 Å². The van der Waals surface area contributed by atoms with Crippen molar-refractivity contribution in [3.8, 4) is 0 Å². The molecule has 1 heterocycles. The Balaban J connectivity index is 1.96. The first-order chi connectivity index (χ1) is 8.22.